The Kier molecular flexibility index (Phi) is 4.22. The summed E-state index contributed by atoms with van der Waals surface area (Å²) in [5.74, 6) is 0.107. The van der Waals surface area contributed by atoms with Crippen molar-refractivity contribution in [3.8, 4) is 11.3 Å². The van der Waals surface area contributed by atoms with Crippen molar-refractivity contribution in [1.82, 2.24) is 15.2 Å². The molecule has 0 fully saturated rings. The van der Waals surface area contributed by atoms with Crippen LogP contribution in [0.4, 0.5) is 5.69 Å². The molecule has 0 radical (unpaired) electrons. The van der Waals surface area contributed by atoms with Gasteiger partial charge in [0.25, 0.3) is 5.22 Å². The lowest BCUT2D eigenvalue weighted by Crippen LogP contribution is -2.13. The highest BCUT2D eigenvalue weighted by atomic mass is 32.2. The monoisotopic (exact) mass is 350 g/mol. The summed E-state index contributed by atoms with van der Waals surface area (Å²) in [6.07, 6.45) is 1.69. The molecule has 7 heteroatoms. The van der Waals surface area contributed by atoms with Gasteiger partial charge in [0.15, 0.2) is 5.58 Å². The van der Waals surface area contributed by atoms with Gasteiger partial charge in [-0.25, -0.2) is 4.98 Å². The zero-order chi connectivity index (χ0) is 17.1. The number of hydrogen-bond acceptors (Lipinski definition) is 5. The van der Waals surface area contributed by atoms with Gasteiger partial charge in [0, 0.05) is 17.4 Å². The first kappa shape index (κ1) is 15.5. The average Bonchev–Trinajstić information content (AvgIpc) is 3.29. The summed E-state index contributed by atoms with van der Waals surface area (Å²) in [5.41, 5.74) is 4.10. The van der Waals surface area contributed by atoms with Crippen molar-refractivity contribution >= 4 is 34.5 Å². The molecule has 6 nitrogen and oxygen atoms in total. The van der Waals surface area contributed by atoms with E-state index in [4.69, 9.17) is 4.42 Å². The highest BCUT2D eigenvalue weighted by molar-refractivity contribution is 7.99. The Morgan fingerprint density at radius 2 is 2.08 bits per heavy atom. The number of oxazole rings is 1. The second-order valence-electron chi connectivity index (χ2n) is 5.34. The Bertz CT molecular complexity index is 978. The Morgan fingerprint density at radius 3 is 2.92 bits per heavy atom. The van der Waals surface area contributed by atoms with Crippen molar-refractivity contribution in [2.75, 3.05) is 11.1 Å². The normalized spacial score (nSPS) is 10.9. The number of carbonyl (C=O) groups is 1. The van der Waals surface area contributed by atoms with E-state index >= 15 is 0 Å². The van der Waals surface area contributed by atoms with Crippen LogP contribution in [0.25, 0.3) is 22.4 Å². The van der Waals surface area contributed by atoms with Crippen LogP contribution in [0.2, 0.25) is 0 Å². The molecular formula is C18H14N4O2S. The molecule has 0 saturated carbocycles. The van der Waals surface area contributed by atoms with E-state index in [1.807, 2.05) is 54.6 Å². The number of rotatable bonds is 5. The van der Waals surface area contributed by atoms with E-state index < -0.39 is 0 Å². The van der Waals surface area contributed by atoms with Crippen LogP contribution in [-0.2, 0) is 4.79 Å². The van der Waals surface area contributed by atoms with Crippen molar-refractivity contribution < 1.29 is 9.21 Å². The molecule has 2 heterocycles. The van der Waals surface area contributed by atoms with E-state index in [1.54, 1.807) is 6.20 Å². The Morgan fingerprint density at radius 1 is 1.16 bits per heavy atom. The van der Waals surface area contributed by atoms with Crippen molar-refractivity contribution in [1.29, 1.82) is 0 Å². The number of nitrogens with zero attached hydrogens (tertiary/aromatic N) is 2. The number of aromatic nitrogens is 3. The molecule has 124 valence electrons. The third kappa shape index (κ3) is 3.56. The van der Waals surface area contributed by atoms with Gasteiger partial charge in [-0.15, -0.1) is 0 Å². The maximum absolute atomic E-state index is 12.2. The first-order valence-electron chi connectivity index (χ1n) is 7.66. The van der Waals surface area contributed by atoms with Gasteiger partial charge in [-0.3, -0.25) is 9.89 Å². The van der Waals surface area contributed by atoms with Gasteiger partial charge in [0.1, 0.15) is 5.52 Å². The summed E-state index contributed by atoms with van der Waals surface area (Å²) in [6.45, 7) is 0. The standard InChI is InChI=1S/C18H14N4O2S/c23-17(11-25-18-21-15-6-1-2-7-16(15)24-18)20-13-5-3-4-12(10-13)14-8-9-19-22-14/h1-10H,11H2,(H,19,22)(H,20,23). The summed E-state index contributed by atoms with van der Waals surface area (Å²) < 4.78 is 5.60. The number of nitrogens with one attached hydrogen (secondary N) is 2. The molecule has 2 N–H and O–H groups in total. The lowest BCUT2D eigenvalue weighted by Gasteiger charge is -2.06. The van der Waals surface area contributed by atoms with Crippen molar-refractivity contribution in [3.05, 3.63) is 60.8 Å². The third-order valence-electron chi connectivity index (χ3n) is 3.56. The molecule has 0 spiro atoms. The number of carbonyl (C=O) groups excluding carboxylic acids is 1. The van der Waals surface area contributed by atoms with Crippen LogP contribution in [0.5, 0.6) is 0 Å². The smallest absolute Gasteiger partial charge is 0.257 e. The summed E-state index contributed by atoms with van der Waals surface area (Å²) in [6, 6.07) is 17.0. The number of H-pyrrole nitrogens is 1. The molecular weight excluding hydrogens is 336 g/mol. The first-order valence-corrected chi connectivity index (χ1v) is 8.64. The van der Waals surface area contributed by atoms with Crippen LogP contribution in [0, 0.1) is 0 Å². The molecule has 0 saturated heterocycles. The number of benzene rings is 2. The fraction of sp³-hybridized carbons (Fsp3) is 0.0556. The van der Waals surface area contributed by atoms with Crippen LogP contribution in [-0.4, -0.2) is 26.8 Å². The zero-order valence-corrected chi connectivity index (χ0v) is 13.9. The molecule has 0 atom stereocenters. The van der Waals surface area contributed by atoms with E-state index in [1.165, 1.54) is 11.8 Å². The molecule has 0 aliphatic carbocycles. The van der Waals surface area contributed by atoms with Gasteiger partial charge in [-0.05, 0) is 30.3 Å². The van der Waals surface area contributed by atoms with Gasteiger partial charge in [0.2, 0.25) is 5.91 Å². The van der Waals surface area contributed by atoms with E-state index in [0.29, 0.717) is 5.22 Å². The second-order valence-corrected chi connectivity index (χ2v) is 6.26. The minimum absolute atomic E-state index is 0.117. The molecule has 4 aromatic rings. The van der Waals surface area contributed by atoms with Crippen LogP contribution >= 0.6 is 11.8 Å². The van der Waals surface area contributed by atoms with E-state index in [9.17, 15) is 4.79 Å². The number of hydrogen-bond donors (Lipinski definition) is 2. The largest absolute Gasteiger partial charge is 0.431 e. The molecule has 0 aliphatic heterocycles. The number of fused-ring (bicyclic) bond motifs is 1. The number of anilines is 1. The minimum Gasteiger partial charge on any atom is -0.431 e. The Labute approximate surface area is 147 Å². The van der Waals surface area contributed by atoms with Gasteiger partial charge in [0.05, 0.1) is 11.4 Å². The van der Waals surface area contributed by atoms with Crippen LogP contribution in [0.3, 0.4) is 0 Å². The van der Waals surface area contributed by atoms with E-state index in [2.05, 4.69) is 20.5 Å². The predicted octanol–water partition coefficient (Wildman–Crippen LogP) is 3.95. The fourth-order valence-corrected chi connectivity index (χ4v) is 3.06. The molecule has 1 amide bonds. The third-order valence-corrected chi connectivity index (χ3v) is 4.39. The van der Waals surface area contributed by atoms with Crippen molar-refractivity contribution in [3.63, 3.8) is 0 Å². The highest BCUT2D eigenvalue weighted by Gasteiger charge is 2.10. The molecule has 2 aromatic carbocycles. The molecule has 4 rings (SSSR count). The van der Waals surface area contributed by atoms with E-state index in [-0.39, 0.29) is 11.7 Å². The Hall–Kier alpha value is -3.06. The molecule has 0 unspecified atom stereocenters. The summed E-state index contributed by atoms with van der Waals surface area (Å²) in [5, 5.41) is 10.2. The second kappa shape index (κ2) is 6.82. The average molecular weight is 350 g/mol. The van der Waals surface area contributed by atoms with E-state index in [0.717, 1.165) is 28.0 Å². The van der Waals surface area contributed by atoms with Gasteiger partial charge in [-0.2, -0.15) is 5.10 Å². The van der Waals surface area contributed by atoms with Gasteiger partial charge in [-0.1, -0.05) is 36.0 Å². The van der Waals surface area contributed by atoms with Crippen LogP contribution in [0.1, 0.15) is 0 Å². The summed E-state index contributed by atoms with van der Waals surface area (Å²) in [4.78, 5) is 16.5. The SMILES string of the molecule is O=C(CSc1nc2ccccc2o1)Nc1cccc(-c2ccn[nH]2)c1. The minimum atomic E-state index is -0.117. The highest BCUT2D eigenvalue weighted by Crippen LogP contribution is 2.24. The maximum Gasteiger partial charge on any atom is 0.257 e. The quantitative estimate of drug-likeness (QED) is 0.533. The van der Waals surface area contributed by atoms with Crippen molar-refractivity contribution in [2.24, 2.45) is 0 Å². The number of para-hydroxylation sites is 2. The Balaban J connectivity index is 1.39. The van der Waals surface area contributed by atoms with Gasteiger partial charge < -0.3 is 9.73 Å². The fourth-order valence-electron chi connectivity index (χ4n) is 2.42. The molecule has 0 aliphatic rings. The lowest BCUT2D eigenvalue weighted by atomic mass is 10.1. The summed E-state index contributed by atoms with van der Waals surface area (Å²) in [7, 11) is 0. The zero-order valence-electron chi connectivity index (χ0n) is 13.1. The first-order chi connectivity index (χ1) is 12.3. The topological polar surface area (TPSA) is 83.8 Å². The summed E-state index contributed by atoms with van der Waals surface area (Å²) >= 11 is 1.27. The van der Waals surface area contributed by atoms with Crippen molar-refractivity contribution in [2.45, 2.75) is 5.22 Å². The lowest BCUT2D eigenvalue weighted by molar-refractivity contribution is -0.113. The predicted molar refractivity (Wildman–Crippen MR) is 97.4 cm³/mol. The number of aromatic amines is 1. The van der Waals surface area contributed by atoms with Crippen LogP contribution < -0.4 is 5.32 Å². The number of amides is 1. The molecule has 2 aromatic heterocycles. The molecule has 25 heavy (non-hydrogen) atoms. The van der Waals surface area contributed by atoms with Crippen LogP contribution in [0.15, 0.2) is 70.4 Å². The van der Waals surface area contributed by atoms with Gasteiger partial charge >= 0.3 is 0 Å². The maximum atomic E-state index is 12.2. The number of thioether (sulfide) groups is 1. The molecule has 0 bridgehead atoms.